The third-order valence-corrected chi connectivity index (χ3v) is 5.78. The second kappa shape index (κ2) is 9.57. The fourth-order valence-corrected chi connectivity index (χ4v) is 4.08. The number of nitrogens with zero attached hydrogens (tertiary/aromatic N) is 1. The second-order valence-electron chi connectivity index (χ2n) is 7.82. The Morgan fingerprint density at radius 3 is 2.41 bits per heavy atom. The maximum Gasteiger partial charge on any atom is 0.326 e. The number of amides is 1. The first-order valence-corrected chi connectivity index (χ1v) is 10.7. The SMILES string of the molecule is Cc1cccc(Cl)c1C(=O)NC(Cc1ccc2nc(-c3c(F)cccc3F)ccc2c1)C(=O)O. The van der Waals surface area contributed by atoms with Crippen molar-refractivity contribution < 1.29 is 23.5 Å². The van der Waals surface area contributed by atoms with Crippen molar-refractivity contribution in [3.8, 4) is 11.3 Å². The summed E-state index contributed by atoms with van der Waals surface area (Å²) in [5.41, 5.74) is 1.94. The normalized spacial score (nSPS) is 11.9. The highest BCUT2D eigenvalue weighted by molar-refractivity contribution is 6.34. The van der Waals surface area contributed by atoms with Crippen molar-refractivity contribution in [3.05, 3.63) is 100 Å². The van der Waals surface area contributed by atoms with E-state index in [1.165, 1.54) is 12.1 Å². The van der Waals surface area contributed by atoms with Gasteiger partial charge >= 0.3 is 5.97 Å². The number of nitrogens with one attached hydrogen (secondary N) is 1. The standard InChI is InChI=1S/C26H19ClF2N2O3/c1-14-4-2-5-17(27)23(14)25(32)31-22(26(33)34)13-15-8-10-20-16(12-15)9-11-21(30-20)24-18(28)6-3-7-19(24)29/h2-12,22H,13H2,1H3,(H,31,32)(H,33,34). The van der Waals surface area contributed by atoms with Crippen LogP contribution in [0, 0.1) is 18.6 Å². The minimum Gasteiger partial charge on any atom is -0.480 e. The molecule has 0 radical (unpaired) electrons. The van der Waals surface area contributed by atoms with Gasteiger partial charge < -0.3 is 10.4 Å². The van der Waals surface area contributed by atoms with Gasteiger partial charge in [-0.3, -0.25) is 4.79 Å². The van der Waals surface area contributed by atoms with Crippen LogP contribution in [0.1, 0.15) is 21.5 Å². The zero-order valence-corrected chi connectivity index (χ0v) is 18.7. The molecule has 0 aliphatic carbocycles. The molecule has 34 heavy (non-hydrogen) atoms. The van der Waals surface area contributed by atoms with Crippen molar-refractivity contribution in [2.45, 2.75) is 19.4 Å². The Balaban J connectivity index is 1.59. The van der Waals surface area contributed by atoms with E-state index in [-0.39, 0.29) is 28.3 Å². The molecule has 0 saturated heterocycles. The highest BCUT2D eigenvalue weighted by Gasteiger charge is 2.23. The molecular weight excluding hydrogens is 462 g/mol. The first kappa shape index (κ1) is 23.3. The van der Waals surface area contributed by atoms with Gasteiger partial charge in [-0.1, -0.05) is 41.9 Å². The molecule has 0 aliphatic rings. The lowest BCUT2D eigenvalue weighted by atomic mass is 10.0. The van der Waals surface area contributed by atoms with Gasteiger partial charge in [-0.05, 0) is 54.4 Å². The summed E-state index contributed by atoms with van der Waals surface area (Å²) < 4.78 is 28.2. The van der Waals surface area contributed by atoms with Gasteiger partial charge in [-0.2, -0.15) is 0 Å². The van der Waals surface area contributed by atoms with Crippen LogP contribution in [-0.2, 0) is 11.2 Å². The highest BCUT2D eigenvalue weighted by atomic mass is 35.5. The number of benzene rings is 3. The Morgan fingerprint density at radius 2 is 1.74 bits per heavy atom. The minimum atomic E-state index is -1.19. The number of halogens is 3. The zero-order valence-electron chi connectivity index (χ0n) is 18.0. The molecule has 0 spiro atoms. The number of aryl methyl sites for hydroxylation is 1. The van der Waals surface area contributed by atoms with E-state index in [4.69, 9.17) is 11.6 Å². The van der Waals surface area contributed by atoms with Crippen molar-refractivity contribution in [1.29, 1.82) is 0 Å². The predicted molar refractivity (Wildman–Crippen MR) is 126 cm³/mol. The molecule has 0 saturated carbocycles. The monoisotopic (exact) mass is 480 g/mol. The summed E-state index contributed by atoms with van der Waals surface area (Å²) in [6.45, 7) is 1.72. The molecule has 0 fully saturated rings. The van der Waals surface area contributed by atoms with Gasteiger partial charge in [0, 0.05) is 11.8 Å². The second-order valence-corrected chi connectivity index (χ2v) is 8.23. The van der Waals surface area contributed by atoms with E-state index >= 15 is 0 Å². The van der Waals surface area contributed by atoms with Crippen LogP contribution in [0.4, 0.5) is 8.78 Å². The molecular formula is C26H19ClF2N2O3. The summed E-state index contributed by atoms with van der Waals surface area (Å²) in [4.78, 5) is 28.9. The fraction of sp³-hybridized carbons (Fsp3) is 0.115. The summed E-state index contributed by atoms with van der Waals surface area (Å²) >= 11 is 6.13. The average molecular weight is 481 g/mol. The number of carbonyl (C=O) groups excluding carboxylic acids is 1. The van der Waals surface area contributed by atoms with Crippen LogP contribution in [-0.4, -0.2) is 28.0 Å². The van der Waals surface area contributed by atoms with Gasteiger partial charge in [0.2, 0.25) is 0 Å². The smallest absolute Gasteiger partial charge is 0.326 e. The largest absolute Gasteiger partial charge is 0.480 e. The van der Waals surface area contributed by atoms with Crippen LogP contribution in [0.3, 0.4) is 0 Å². The molecule has 1 atom stereocenters. The van der Waals surface area contributed by atoms with E-state index in [0.29, 0.717) is 22.0 Å². The van der Waals surface area contributed by atoms with Crippen molar-refractivity contribution in [2.75, 3.05) is 0 Å². The Hall–Kier alpha value is -3.84. The molecule has 1 aromatic heterocycles. The quantitative estimate of drug-likeness (QED) is 0.378. The first-order chi connectivity index (χ1) is 16.2. The maximum absolute atomic E-state index is 14.1. The molecule has 1 heterocycles. The number of hydrogen-bond acceptors (Lipinski definition) is 3. The minimum absolute atomic E-state index is 0.0181. The fourth-order valence-electron chi connectivity index (χ4n) is 3.77. The average Bonchev–Trinajstić information content (AvgIpc) is 2.78. The summed E-state index contributed by atoms with van der Waals surface area (Å²) in [5.74, 6) is -3.19. The van der Waals surface area contributed by atoms with Gasteiger partial charge in [0.1, 0.15) is 17.7 Å². The van der Waals surface area contributed by atoms with E-state index < -0.39 is 29.6 Å². The molecule has 2 N–H and O–H groups in total. The summed E-state index contributed by atoms with van der Waals surface area (Å²) in [6.07, 6.45) is 0.0181. The maximum atomic E-state index is 14.1. The van der Waals surface area contributed by atoms with E-state index in [0.717, 1.165) is 12.1 Å². The van der Waals surface area contributed by atoms with E-state index in [1.54, 1.807) is 49.4 Å². The van der Waals surface area contributed by atoms with Gasteiger partial charge in [-0.15, -0.1) is 0 Å². The number of carboxylic acids is 1. The van der Waals surface area contributed by atoms with Gasteiger partial charge in [0.15, 0.2) is 0 Å². The molecule has 8 heteroatoms. The number of aromatic nitrogens is 1. The first-order valence-electron chi connectivity index (χ1n) is 10.4. The number of rotatable bonds is 6. The summed E-state index contributed by atoms with van der Waals surface area (Å²) in [6, 6.07) is 15.6. The Bertz CT molecular complexity index is 1380. The lowest BCUT2D eigenvalue weighted by molar-refractivity contribution is -0.139. The highest BCUT2D eigenvalue weighted by Crippen LogP contribution is 2.27. The number of pyridine rings is 1. The van der Waals surface area contributed by atoms with Crippen LogP contribution in [0.15, 0.2) is 66.7 Å². The van der Waals surface area contributed by atoms with Crippen molar-refractivity contribution in [2.24, 2.45) is 0 Å². The van der Waals surface area contributed by atoms with Crippen molar-refractivity contribution in [3.63, 3.8) is 0 Å². The van der Waals surface area contributed by atoms with Crippen molar-refractivity contribution in [1.82, 2.24) is 10.3 Å². The zero-order chi connectivity index (χ0) is 24.4. The molecule has 0 aliphatic heterocycles. The topological polar surface area (TPSA) is 79.3 Å². The van der Waals surface area contributed by atoms with Gasteiger partial charge in [0.05, 0.1) is 27.4 Å². The van der Waals surface area contributed by atoms with E-state index in [9.17, 15) is 23.5 Å². The molecule has 4 rings (SSSR count). The number of aliphatic carboxylic acids is 1. The molecule has 3 aromatic carbocycles. The Labute approximate surface area is 199 Å². The molecule has 0 bridgehead atoms. The molecule has 172 valence electrons. The lowest BCUT2D eigenvalue weighted by Gasteiger charge is -2.16. The molecule has 5 nitrogen and oxygen atoms in total. The molecule has 4 aromatic rings. The number of carboxylic acid groups (broad SMARTS) is 1. The van der Waals surface area contributed by atoms with Crippen LogP contribution < -0.4 is 5.32 Å². The lowest BCUT2D eigenvalue weighted by Crippen LogP contribution is -2.42. The predicted octanol–water partition coefficient (Wildman–Crippen LogP) is 5.57. The number of carbonyl (C=O) groups is 2. The van der Waals surface area contributed by atoms with Crippen molar-refractivity contribution >= 4 is 34.4 Å². The van der Waals surface area contributed by atoms with Crippen LogP contribution in [0.25, 0.3) is 22.2 Å². The third kappa shape index (κ3) is 4.75. The summed E-state index contributed by atoms with van der Waals surface area (Å²) in [7, 11) is 0. The Kier molecular flexibility index (Phi) is 6.56. The Morgan fingerprint density at radius 1 is 1.03 bits per heavy atom. The number of fused-ring (bicyclic) bond motifs is 1. The third-order valence-electron chi connectivity index (χ3n) is 5.46. The molecule has 1 amide bonds. The van der Waals surface area contributed by atoms with Gasteiger partial charge in [0.25, 0.3) is 5.91 Å². The van der Waals surface area contributed by atoms with Crippen LogP contribution >= 0.6 is 11.6 Å². The molecule has 1 unspecified atom stereocenters. The van der Waals surface area contributed by atoms with Crippen LogP contribution in [0.2, 0.25) is 5.02 Å². The van der Waals surface area contributed by atoms with E-state index in [1.807, 2.05) is 0 Å². The summed E-state index contributed by atoms with van der Waals surface area (Å²) in [5, 5.41) is 13.1. The van der Waals surface area contributed by atoms with E-state index in [2.05, 4.69) is 10.3 Å². The van der Waals surface area contributed by atoms with Gasteiger partial charge in [-0.25, -0.2) is 18.6 Å². The van der Waals surface area contributed by atoms with Crippen LogP contribution in [0.5, 0.6) is 0 Å². The number of hydrogen-bond donors (Lipinski definition) is 2.